The van der Waals surface area contributed by atoms with Crippen LogP contribution in [0.25, 0.3) is 0 Å². The second-order valence-electron chi connectivity index (χ2n) is 5.22. The molecule has 100 valence electrons. The molecule has 0 aliphatic carbocycles. The lowest BCUT2D eigenvalue weighted by Gasteiger charge is -2.17. The smallest absolute Gasteiger partial charge is 0.225 e. The predicted molar refractivity (Wildman–Crippen MR) is 74.8 cm³/mol. The summed E-state index contributed by atoms with van der Waals surface area (Å²) in [7, 11) is 1.95. The van der Waals surface area contributed by atoms with Crippen LogP contribution in [-0.4, -0.2) is 30.1 Å². The van der Waals surface area contributed by atoms with E-state index < -0.39 is 0 Å². The van der Waals surface area contributed by atoms with Crippen molar-refractivity contribution < 1.29 is 0 Å². The van der Waals surface area contributed by atoms with Gasteiger partial charge in [-0.25, -0.2) is 9.97 Å². The molecule has 1 fully saturated rings. The fraction of sp³-hybridized carbons (Fsp3) is 0.714. The topological polar surface area (TPSA) is 41.1 Å². The molecule has 0 radical (unpaired) electrons. The monoisotopic (exact) mass is 248 g/mol. The van der Waals surface area contributed by atoms with E-state index in [9.17, 15) is 0 Å². The summed E-state index contributed by atoms with van der Waals surface area (Å²) in [4.78, 5) is 11.6. The number of hydrogen-bond donors (Lipinski definition) is 1. The fourth-order valence-electron chi connectivity index (χ4n) is 2.69. The highest BCUT2D eigenvalue weighted by molar-refractivity contribution is 5.34. The lowest BCUT2D eigenvalue weighted by Crippen LogP contribution is -2.23. The van der Waals surface area contributed by atoms with Crippen molar-refractivity contribution in [2.75, 3.05) is 25.0 Å². The van der Waals surface area contributed by atoms with Crippen LogP contribution in [0, 0.1) is 12.8 Å². The minimum absolute atomic E-state index is 0.808. The maximum absolute atomic E-state index is 4.65. The zero-order valence-electron chi connectivity index (χ0n) is 11.7. The van der Waals surface area contributed by atoms with Crippen LogP contribution >= 0.6 is 0 Å². The van der Waals surface area contributed by atoms with Crippen molar-refractivity contribution in [2.24, 2.45) is 5.92 Å². The summed E-state index contributed by atoms with van der Waals surface area (Å²) in [5.41, 5.74) is 2.14. The van der Waals surface area contributed by atoms with Crippen LogP contribution in [0.1, 0.15) is 37.6 Å². The highest BCUT2D eigenvalue weighted by Crippen LogP contribution is 2.24. The molecule has 0 amide bonds. The second kappa shape index (κ2) is 6.14. The standard InChI is InChI=1S/C14H24N4/c1-4-5-12-6-7-18(10-12)14-16-11(2)8-13(17-14)9-15-3/h8,12,15H,4-7,9-10H2,1-3H3. The SMILES string of the molecule is CCCC1CCN(c2nc(C)cc(CNC)n2)C1. The summed E-state index contributed by atoms with van der Waals surface area (Å²) in [6.45, 7) is 7.34. The van der Waals surface area contributed by atoms with E-state index in [2.05, 4.69) is 33.2 Å². The molecule has 1 saturated heterocycles. The summed E-state index contributed by atoms with van der Waals surface area (Å²) in [6, 6.07) is 2.06. The van der Waals surface area contributed by atoms with Crippen molar-refractivity contribution in [3.63, 3.8) is 0 Å². The van der Waals surface area contributed by atoms with Crippen molar-refractivity contribution in [1.82, 2.24) is 15.3 Å². The van der Waals surface area contributed by atoms with Crippen LogP contribution < -0.4 is 10.2 Å². The lowest BCUT2D eigenvalue weighted by atomic mass is 10.0. The van der Waals surface area contributed by atoms with Gasteiger partial charge in [-0.1, -0.05) is 13.3 Å². The number of nitrogens with zero attached hydrogens (tertiary/aromatic N) is 3. The number of hydrogen-bond acceptors (Lipinski definition) is 4. The Morgan fingerprint density at radius 1 is 1.44 bits per heavy atom. The normalized spacial score (nSPS) is 19.5. The largest absolute Gasteiger partial charge is 0.341 e. The van der Waals surface area contributed by atoms with Crippen molar-refractivity contribution in [2.45, 2.75) is 39.7 Å². The molecule has 1 aromatic heterocycles. The maximum atomic E-state index is 4.65. The number of anilines is 1. The van der Waals surface area contributed by atoms with E-state index in [1.54, 1.807) is 0 Å². The van der Waals surface area contributed by atoms with Crippen molar-refractivity contribution in [3.05, 3.63) is 17.5 Å². The minimum Gasteiger partial charge on any atom is -0.341 e. The Morgan fingerprint density at radius 2 is 2.28 bits per heavy atom. The second-order valence-corrected chi connectivity index (χ2v) is 5.22. The number of nitrogens with one attached hydrogen (secondary N) is 1. The fourth-order valence-corrected chi connectivity index (χ4v) is 2.69. The molecule has 0 saturated carbocycles. The molecular formula is C14H24N4. The summed E-state index contributed by atoms with van der Waals surface area (Å²) >= 11 is 0. The van der Waals surface area contributed by atoms with Gasteiger partial charge in [0.05, 0.1) is 5.69 Å². The third kappa shape index (κ3) is 3.19. The Balaban J connectivity index is 2.08. The van der Waals surface area contributed by atoms with E-state index in [0.29, 0.717) is 0 Å². The average Bonchev–Trinajstić information content (AvgIpc) is 2.78. The summed E-state index contributed by atoms with van der Waals surface area (Å²) in [5, 5.41) is 3.15. The number of aromatic nitrogens is 2. The van der Waals surface area contributed by atoms with Crippen LogP contribution in [0.4, 0.5) is 5.95 Å². The molecule has 1 unspecified atom stereocenters. The van der Waals surface area contributed by atoms with Crippen LogP contribution in [0.3, 0.4) is 0 Å². The van der Waals surface area contributed by atoms with E-state index >= 15 is 0 Å². The van der Waals surface area contributed by atoms with Gasteiger partial charge in [-0.05, 0) is 38.8 Å². The molecular weight excluding hydrogens is 224 g/mol. The van der Waals surface area contributed by atoms with Gasteiger partial charge in [0.15, 0.2) is 0 Å². The third-order valence-corrected chi connectivity index (χ3v) is 3.52. The van der Waals surface area contributed by atoms with Gasteiger partial charge in [0.2, 0.25) is 5.95 Å². The van der Waals surface area contributed by atoms with Crippen LogP contribution in [-0.2, 0) is 6.54 Å². The summed E-state index contributed by atoms with van der Waals surface area (Å²) < 4.78 is 0. The van der Waals surface area contributed by atoms with Gasteiger partial charge in [-0.3, -0.25) is 0 Å². The van der Waals surface area contributed by atoms with Crippen LogP contribution in [0.2, 0.25) is 0 Å². The molecule has 2 rings (SSSR count). The third-order valence-electron chi connectivity index (χ3n) is 3.52. The zero-order valence-corrected chi connectivity index (χ0v) is 11.7. The molecule has 4 heteroatoms. The molecule has 1 atom stereocenters. The highest BCUT2D eigenvalue weighted by atomic mass is 15.3. The quantitative estimate of drug-likeness (QED) is 0.866. The molecule has 0 spiro atoms. The van der Waals surface area contributed by atoms with E-state index in [4.69, 9.17) is 0 Å². The van der Waals surface area contributed by atoms with E-state index in [1.165, 1.54) is 19.3 Å². The van der Waals surface area contributed by atoms with E-state index in [-0.39, 0.29) is 0 Å². The minimum atomic E-state index is 0.808. The van der Waals surface area contributed by atoms with Crippen LogP contribution in [0.15, 0.2) is 6.07 Å². The van der Waals surface area contributed by atoms with Gasteiger partial charge in [0.25, 0.3) is 0 Å². The predicted octanol–water partition coefficient (Wildman–Crippen LogP) is 2.13. The first-order valence-electron chi connectivity index (χ1n) is 6.97. The molecule has 1 aromatic rings. The molecule has 18 heavy (non-hydrogen) atoms. The van der Waals surface area contributed by atoms with E-state index in [0.717, 1.165) is 42.9 Å². The van der Waals surface area contributed by atoms with Gasteiger partial charge in [0.1, 0.15) is 0 Å². The summed E-state index contributed by atoms with van der Waals surface area (Å²) in [6.07, 6.45) is 3.89. The first-order valence-corrected chi connectivity index (χ1v) is 6.97. The Bertz CT molecular complexity index is 391. The molecule has 0 aromatic carbocycles. The molecule has 1 aliphatic rings. The van der Waals surface area contributed by atoms with E-state index in [1.807, 2.05) is 14.0 Å². The molecule has 0 bridgehead atoms. The maximum Gasteiger partial charge on any atom is 0.225 e. The van der Waals surface area contributed by atoms with Gasteiger partial charge < -0.3 is 10.2 Å². The summed E-state index contributed by atoms with van der Waals surface area (Å²) in [5.74, 6) is 1.74. The molecule has 2 heterocycles. The van der Waals surface area contributed by atoms with Gasteiger partial charge in [0, 0.05) is 25.3 Å². The average molecular weight is 248 g/mol. The Kier molecular flexibility index (Phi) is 4.53. The van der Waals surface area contributed by atoms with Gasteiger partial charge in [-0.2, -0.15) is 0 Å². The zero-order chi connectivity index (χ0) is 13.0. The van der Waals surface area contributed by atoms with Crippen molar-refractivity contribution >= 4 is 5.95 Å². The van der Waals surface area contributed by atoms with Gasteiger partial charge >= 0.3 is 0 Å². The number of aryl methyl sites for hydroxylation is 1. The molecule has 1 aliphatic heterocycles. The lowest BCUT2D eigenvalue weighted by molar-refractivity contribution is 0.529. The van der Waals surface area contributed by atoms with Crippen LogP contribution in [0.5, 0.6) is 0 Å². The van der Waals surface area contributed by atoms with Crippen molar-refractivity contribution in [1.29, 1.82) is 0 Å². The molecule has 1 N–H and O–H groups in total. The first kappa shape index (κ1) is 13.3. The van der Waals surface area contributed by atoms with Gasteiger partial charge in [-0.15, -0.1) is 0 Å². The first-order chi connectivity index (χ1) is 8.72. The van der Waals surface area contributed by atoms with Crippen molar-refractivity contribution in [3.8, 4) is 0 Å². The highest BCUT2D eigenvalue weighted by Gasteiger charge is 2.23. The number of rotatable bonds is 5. The Morgan fingerprint density at radius 3 is 3.00 bits per heavy atom. The Labute approximate surface area is 110 Å². The Hall–Kier alpha value is -1.16. The molecule has 4 nitrogen and oxygen atoms in total.